The topological polar surface area (TPSA) is 90.2 Å². The molecule has 1 heterocycles. The van der Waals surface area contributed by atoms with Gasteiger partial charge in [0.2, 0.25) is 5.79 Å². The number of aliphatic hydroxyl groups excluding tert-OH is 3. The van der Waals surface area contributed by atoms with Crippen LogP contribution < -0.4 is 0 Å². The summed E-state index contributed by atoms with van der Waals surface area (Å²) in [5.41, 5.74) is 0. The van der Waals surface area contributed by atoms with Crippen LogP contribution >= 0.6 is 0 Å². The molecule has 1 fully saturated rings. The van der Waals surface area contributed by atoms with Gasteiger partial charge in [0, 0.05) is 0 Å². The van der Waals surface area contributed by atoms with Crippen molar-refractivity contribution < 1.29 is 29.6 Å². The SMILES string of the molecule is OC[C@]1(O)OC[C@@H](O)[C@H](F)[C@H]1O. The molecule has 0 amide bonds. The van der Waals surface area contributed by atoms with Crippen LogP contribution in [-0.2, 0) is 4.74 Å². The number of hydrogen-bond donors (Lipinski definition) is 4. The fourth-order valence-electron chi connectivity index (χ4n) is 1.01. The summed E-state index contributed by atoms with van der Waals surface area (Å²) in [5, 5.41) is 35.5. The number of rotatable bonds is 1. The highest BCUT2D eigenvalue weighted by atomic mass is 19.1. The van der Waals surface area contributed by atoms with E-state index in [1.54, 1.807) is 0 Å². The van der Waals surface area contributed by atoms with Gasteiger partial charge in [0.15, 0.2) is 6.17 Å². The molecule has 1 rings (SSSR count). The third-order valence-corrected chi connectivity index (χ3v) is 1.86. The summed E-state index contributed by atoms with van der Waals surface area (Å²) in [6.07, 6.45) is -5.39. The van der Waals surface area contributed by atoms with E-state index in [0.29, 0.717) is 0 Å². The molecule has 4 atom stereocenters. The molecule has 1 aliphatic rings. The highest BCUT2D eigenvalue weighted by Gasteiger charge is 2.49. The lowest BCUT2D eigenvalue weighted by atomic mass is 9.99. The van der Waals surface area contributed by atoms with Gasteiger partial charge in [-0.05, 0) is 0 Å². The molecule has 0 aromatic rings. The van der Waals surface area contributed by atoms with Crippen LogP contribution in [0.2, 0.25) is 0 Å². The van der Waals surface area contributed by atoms with Crippen LogP contribution in [0.4, 0.5) is 4.39 Å². The molecule has 0 radical (unpaired) electrons. The van der Waals surface area contributed by atoms with E-state index in [2.05, 4.69) is 4.74 Å². The van der Waals surface area contributed by atoms with E-state index in [9.17, 15) is 4.39 Å². The molecule has 0 aromatic carbocycles. The standard InChI is InChI=1S/C6H11FO5/c7-4-3(9)1-12-6(11,2-8)5(4)10/h3-5,8-11H,1-2H2/t3-,4+,5-,6+/m1/s1. The third-order valence-electron chi connectivity index (χ3n) is 1.86. The summed E-state index contributed by atoms with van der Waals surface area (Å²) in [5.74, 6) is -2.29. The molecule has 1 saturated heterocycles. The van der Waals surface area contributed by atoms with Gasteiger partial charge in [-0.3, -0.25) is 0 Å². The van der Waals surface area contributed by atoms with Crippen molar-refractivity contribution in [1.29, 1.82) is 0 Å². The van der Waals surface area contributed by atoms with Crippen LogP contribution in [0.1, 0.15) is 0 Å². The molecular formula is C6H11FO5. The molecule has 0 spiro atoms. The summed E-state index contributed by atoms with van der Waals surface area (Å²) in [7, 11) is 0. The van der Waals surface area contributed by atoms with Crippen LogP contribution in [0.3, 0.4) is 0 Å². The summed E-state index contributed by atoms with van der Waals surface area (Å²) in [4.78, 5) is 0. The quantitative estimate of drug-likeness (QED) is 0.368. The maximum absolute atomic E-state index is 12.8. The zero-order valence-electron chi connectivity index (χ0n) is 6.22. The second-order valence-electron chi connectivity index (χ2n) is 2.77. The average Bonchev–Trinajstić information content (AvgIpc) is 2.09. The maximum Gasteiger partial charge on any atom is 0.219 e. The molecule has 5 nitrogen and oxygen atoms in total. The first-order chi connectivity index (χ1) is 5.51. The van der Waals surface area contributed by atoms with Crippen LogP contribution in [0.15, 0.2) is 0 Å². The van der Waals surface area contributed by atoms with E-state index in [4.69, 9.17) is 20.4 Å². The van der Waals surface area contributed by atoms with Crippen molar-refractivity contribution in [3.63, 3.8) is 0 Å². The van der Waals surface area contributed by atoms with Gasteiger partial charge in [0.05, 0.1) is 13.2 Å². The lowest BCUT2D eigenvalue weighted by molar-refractivity contribution is -0.322. The predicted molar refractivity (Wildman–Crippen MR) is 34.9 cm³/mol. The summed E-state index contributed by atoms with van der Waals surface area (Å²) < 4.78 is 17.3. The Morgan fingerprint density at radius 1 is 1.50 bits per heavy atom. The predicted octanol–water partition coefficient (Wildman–Crippen LogP) is -2.24. The molecule has 0 aliphatic carbocycles. The molecular weight excluding hydrogens is 171 g/mol. The van der Waals surface area contributed by atoms with Crippen LogP contribution in [0.5, 0.6) is 0 Å². The Balaban J connectivity index is 2.71. The lowest BCUT2D eigenvalue weighted by Gasteiger charge is -2.39. The molecule has 1 aliphatic heterocycles. The normalized spacial score (nSPS) is 49.2. The van der Waals surface area contributed by atoms with Crippen molar-refractivity contribution in [3.05, 3.63) is 0 Å². The van der Waals surface area contributed by atoms with Gasteiger partial charge in [0.25, 0.3) is 0 Å². The zero-order chi connectivity index (χ0) is 9.35. The minimum atomic E-state index is -2.29. The fraction of sp³-hybridized carbons (Fsp3) is 1.00. The smallest absolute Gasteiger partial charge is 0.219 e. The molecule has 0 saturated carbocycles. The molecule has 0 unspecified atom stereocenters. The Labute approximate surface area is 68.0 Å². The second kappa shape index (κ2) is 3.23. The summed E-state index contributed by atoms with van der Waals surface area (Å²) >= 11 is 0. The number of aliphatic hydroxyl groups is 4. The molecule has 0 aromatic heterocycles. The van der Waals surface area contributed by atoms with E-state index in [1.807, 2.05) is 0 Å². The van der Waals surface area contributed by atoms with Gasteiger partial charge in [0.1, 0.15) is 12.2 Å². The number of alkyl halides is 1. The van der Waals surface area contributed by atoms with Gasteiger partial charge in [-0.15, -0.1) is 0 Å². The highest BCUT2D eigenvalue weighted by molar-refractivity contribution is 4.91. The van der Waals surface area contributed by atoms with Gasteiger partial charge in [-0.25, -0.2) is 4.39 Å². The summed E-state index contributed by atoms with van der Waals surface area (Å²) in [6, 6.07) is 0. The van der Waals surface area contributed by atoms with Gasteiger partial charge < -0.3 is 25.2 Å². The number of hydrogen-bond acceptors (Lipinski definition) is 5. The molecule has 12 heavy (non-hydrogen) atoms. The van der Waals surface area contributed by atoms with Crippen LogP contribution in [-0.4, -0.2) is 57.8 Å². The van der Waals surface area contributed by atoms with E-state index >= 15 is 0 Å². The van der Waals surface area contributed by atoms with Crippen molar-refractivity contribution in [2.75, 3.05) is 13.2 Å². The van der Waals surface area contributed by atoms with Crippen molar-refractivity contribution in [1.82, 2.24) is 0 Å². The van der Waals surface area contributed by atoms with Crippen molar-refractivity contribution in [3.8, 4) is 0 Å². The molecule has 4 N–H and O–H groups in total. The first-order valence-electron chi connectivity index (χ1n) is 3.48. The van der Waals surface area contributed by atoms with E-state index in [0.717, 1.165) is 0 Å². The average molecular weight is 182 g/mol. The Hall–Kier alpha value is -0.270. The van der Waals surface area contributed by atoms with Crippen molar-refractivity contribution in [2.24, 2.45) is 0 Å². The molecule has 0 bridgehead atoms. The highest BCUT2D eigenvalue weighted by Crippen LogP contribution is 2.25. The minimum Gasteiger partial charge on any atom is -0.391 e. The van der Waals surface area contributed by atoms with Gasteiger partial charge in [-0.1, -0.05) is 0 Å². The largest absolute Gasteiger partial charge is 0.391 e. The number of ether oxygens (including phenoxy) is 1. The maximum atomic E-state index is 12.8. The zero-order valence-corrected chi connectivity index (χ0v) is 6.22. The van der Waals surface area contributed by atoms with Gasteiger partial charge >= 0.3 is 0 Å². The van der Waals surface area contributed by atoms with E-state index < -0.39 is 37.4 Å². The third kappa shape index (κ3) is 1.44. The van der Waals surface area contributed by atoms with Gasteiger partial charge in [-0.2, -0.15) is 0 Å². The van der Waals surface area contributed by atoms with Crippen LogP contribution in [0.25, 0.3) is 0 Å². The Bertz CT molecular complexity index is 166. The monoisotopic (exact) mass is 182 g/mol. The fourth-order valence-corrected chi connectivity index (χ4v) is 1.01. The lowest BCUT2D eigenvalue weighted by Crippen LogP contribution is -2.61. The first-order valence-corrected chi connectivity index (χ1v) is 3.48. The Kier molecular flexibility index (Phi) is 2.64. The first kappa shape index (κ1) is 9.82. The molecule has 6 heteroatoms. The van der Waals surface area contributed by atoms with E-state index in [-0.39, 0.29) is 0 Å². The second-order valence-corrected chi connectivity index (χ2v) is 2.77. The van der Waals surface area contributed by atoms with Crippen molar-refractivity contribution >= 4 is 0 Å². The Morgan fingerprint density at radius 2 is 2.08 bits per heavy atom. The minimum absolute atomic E-state index is 0.449. The number of halogens is 1. The van der Waals surface area contributed by atoms with Crippen LogP contribution in [0, 0.1) is 0 Å². The Morgan fingerprint density at radius 3 is 2.58 bits per heavy atom. The molecule has 72 valence electrons. The van der Waals surface area contributed by atoms with Crippen molar-refractivity contribution in [2.45, 2.75) is 24.2 Å². The van der Waals surface area contributed by atoms with E-state index in [1.165, 1.54) is 0 Å². The summed E-state index contributed by atoms with van der Waals surface area (Å²) in [6.45, 7) is -1.36.